The van der Waals surface area contributed by atoms with Crippen LogP contribution in [0, 0.1) is 11.3 Å². The highest BCUT2D eigenvalue weighted by atomic mass is 14.2. The average molecular weight is 321 g/mol. The van der Waals surface area contributed by atoms with Crippen LogP contribution >= 0.6 is 0 Å². The van der Waals surface area contributed by atoms with E-state index in [1.807, 2.05) is 69.2 Å². The summed E-state index contributed by atoms with van der Waals surface area (Å²) in [5, 5.41) is 0. The van der Waals surface area contributed by atoms with Crippen molar-refractivity contribution in [1.82, 2.24) is 0 Å². The van der Waals surface area contributed by atoms with E-state index in [2.05, 4.69) is 34.6 Å². The van der Waals surface area contributed by atoms with Gasteiger partial charge in [0.15, 0.2) is 0 Å². The van der Waals surface area contributed by atoms with E-state index in [4.69, 9.17) is 0 Å². The molecule has 144 valence electrons. The van der Waals surface area contributed by atoms with Crippen molar-refractivity contribution in [1.29, 1.82) is 0 Å². The molecule has 1 aliphatic carbocycles. The van der Waals surface area contributed by atoms with Gasteiger partial charge in [-0.15, -0.1) is 0 Å². The van der Waals surface area contributed by atoms with Crippen LogP contribution in [0.1, 0.15) is 136 Å². The highest BCUT2D eigenvalue weighted by Crippen LogP contribution is 2.25. The molecule has 0 amide bonds. The smallest absolute Gasteiger partial charge is 0.0380 e. The summed E-state index contributed by atoms with van der Waals surface area (Å²) in [4.78, 5) is 0. The normalized spacial score (nSPS) is 11.0. The van der Waals surface area contributed by atoms with Gasteiger partial charge in [-0.25, -0.2) is 0 Å². The molecule has 0 N–H and O–H groups in total. The lowest BCUT2D eigenvalue weighted by Gasteiger charge is -2.21. The minimum atomic E-state index is 0.523. The van der Waals surface area contributed by atoms with Gasteiger partial charge in [-0.3, -0.25) is 0 Å². The number of rotatable bonds is 2. The van der Waals surface area contributed by atoms with Crippen LogP contribution in [0.5, 0.6) is 0 Å². The molecule has 1 atom stereocenters. The summed E-state index contributed by atoms with van der Waals surface area (Å²) in [5.74, 6) is 0.894. The quantitative estimate of drug-likeness (QED) is 0.475. The standard InChI is InChI=1S/C9H20.C3H6.5C2H6/c1-6-8(2)7-9(3,4)5;1-2-3-1;5*1-2/h8H,6-7H2,1-5H3;1-3H2;5*1-2H3. The van der Waals surface area contributed by atoms with Crippen LogP contribution < -0.4 is 0 Å². The van der Waals surface area contributed by atoms with Crippen molar-refractivity contribution < 1.29 is 0 Å². The maximum absolute atomic E-state index is 2.32. The van der Waals surface area contributed by atoms with Crippen LogP contribution in [-0.2, 0) is 0 Å². The summed E-state index contributed by atoms with van der Waals surface area (Å²) in [7, 11) is 0. The molecule has 0 nitrogen and oxygen atoms in total. The zero-order chi connectivity index (χ0) is 19.6. The van der Waals surface area contributed by atoms with E-state index < -0.39 is 0 Å². The minimum Gasteiger partial charge on any atom is -0.0683 e. The predicted molar refractivity (Wildman–Crippen MR) is 114 cm³/mol. The Kier molecular flexibility index (Phi) is 73.8. The molecule has 0 radical (unpaired) electrons. The first-order valence-electron chi connectivity index (χ1n) is 10.5. The summed E-state index contributed by atoms with van der Waals surface area (Å²) in [6.07, 6.45) is 7.17. The number of hydrogen-bond donors (Lipinski definition) is 0. The molecule has 0 aromatic carbocycles. The van der Waals surface area contributed by atoms with Crippen molar-refractivity contribution in [2.75, 3.05) is 0 Å². The second kappa shape index (κ2) is 42.9. The Morgan fingerprint density at radius 1 is 0.636 bits per heavy atom. The molecular weight excluding hydrogens is 264 g/mol. The SMILES string of the molecule is C1CC1.CC.CC.CC.CC.CC.CCC(C)CC(C)(C)C. The van der Waals surface area contributed by atoms with Gasteiger partial charge in [0.25, 0.3) is 0 Å². The van der Waals surface area contributed by atoms with E-state index in [0.29, 0.717) is 5.41 Å². The van der Waals surface area contributed by atoms with Crippen molar-refractivity contribution in [3.05, 3.63) is 0 Å². The molecule has 1 saturated carbocycles. The second-order valence-corrected chi connectivity index (χ2v) is 5.34. The van der Waals surface area contributed by atoms with Crippen LogP contribution in [0.4, 0.5) is 0 Å². The topological polar surface area (TPSA) is 0 Å². The summed E-state index contributed by atoms with van der Waals surface area (Å²) in [6, 6.07) is 0. The fourth-order valence-corrected chi connectivity index (χ4v) is 1.19. The van der Waals surface area contributed by atoms with E-state index in [-0.39, 0.29) is 0 Å². The zero-order valence-electron chi connectivity index (χ0n) is 19.6. The number of hydrogen-bond acceptors (Lipinski definition) is 0. The van der Waals surface area contributed by atoms with Gasteiger partial charge in [-0.1, -0.05) is 130 Å². The average Bonchev–Trinajstić information content (AvgIpc) is 3.44. The van der Waals surface area contributed by atoms with E-state index in [1.54, 1.807) is 0 Å². The third-order valence-corrected chi connectivity index (χ3v) is 2.01. The molecule has 1 aliphatic rings. The Morgan fingerprint density at radius 3 is 0.909 bits per heavy atom. The van der Waals surface area contributed by atoms with Crippen LogP contribution in [-0.4, -0.2) is 0 Å². The monoisotopic (exact) mass is 320 g/mol. The molecule has 0 aromatic heterocycles. The van der Waals surface area contributed by atoms with Gasteiger partial charge in [0.2, 0.25) is 0 Å². The zero-order valence-corrected chi connectivity index (χ0v) is 19.6. The molecule has 0 aliphatic heterocycles. The maximum atomic E-state index is 2.32. The van der Waals surface area contributed by atoms with E-state index in [1.165, 1.54) is 32.1 Å². The van der Waals surface area contributed by atoms with Crippen LogP contribution in [0.3, 0.4) is 0 Å². The Bertz CT molecular complexity index is 92.3. The van der Waals surface area contributed by atoms with Crippen LogP contribution in [0.15, 0.2) is 0 Å². The van der Waals surface area contributed by atoms with Gasteiger partial charge in [0, 0.05) is 0 Å². The molecule has 0 heteroatoms. The fourth-order valence-electron chi connectivity index (χ4n) is 1.19. The molecule has 0 spiro atoms. The Labute approximate surface area is 147 Å². The Hall–Kier alpha value is 0. The molecule has 0 saturated heterocycles. The maximum Gasteiger partial charge on any atom is -0.0380 e. The molecule has 22 heavy (non-hydrogen) atoms. The first-order chi connectivity index (χ1) is 10.5. The van der Waals surface area contributed by atoms with E-state index in [9.17, 15) is 0 Å². The Balaban J connectivity index is -0.0000000409. The summed E-state index contributed by atoms with van der Waals surface area (Å²) in [5.41, 5.74) is 0.523. The van der Waals surface area contributed by atoms with Gasteiger partial charge in [-0.05, 0) is 17.8 Å². The van der Waals surface area contributed by atoms with E-state index >= 15 is 0 Å². The van der Waals surface area contributed by atoms with E-state index in [0.717, 1.165) is 5.92 Å². The highest BCUT2D eigenvalue weighted by molar-refractivity contribution is 4.64. The first kappa shape index (κ1) is 37.9. The molecule has 0 aromatic rings. The summed E-state index contributed by atoms with van der Waals surface area (Å²) >= 11 is 0. The summed E-state index contributed by atoms with van der Waals surface area (Å²) < 4.78 is 0. The van der Waals surface area contributed by atoms with Crippen LogP contribution in [0.25, 0.3) is 0 Å². The molecule has 0 heterocycles. The molecule has 1 unspecified atom stereocenters. The predicted octanol–water partition coefficient (Wildman–Crippen LogP) is 9.77. The second-order valence-electron chi connectivity index (χ2n) is 5.34. The highest BCUT2D eigenvalue weighted by Gasteiger charge is 2.13. The summed E-state index contributed by atoms with van der Waals surface area (Å²) in [6.45, 7) is 31.5. The first-order valence-corrected chi connectivity index (χ1v) is 10.5. The van der Waals surface area contributed by atoms with Crippen molar-refractivity contribution in [2.24, 2.45) is 11.3 Å². The Morgan fingerprint density at radius 2 is 0.864 bits per heavy atom. The third kappa shape index (κ3) is 113. The van der Waals surface area contributed by atoms with Gasteiger partial charge >= 0.3 is 0 Å². The lowest BCUT2D eigenvalue weighted by Crippen LogP contribution is -2.09. The fraction of sp³-hybridized carbons (Fsp3) is 1.00. The van der Waals surface area contributed by atoms with Gasteiger partial charge in [0.05, 0.1) is 0 Å². The van der Waals surface area contributed by atoms with Gasteiger partial charge in [-0.2, -0.15) is 0 Å². The van der Waals surface area contributed by atoms with Gasteiger partial charge in [0.1, 0.15) is 0 Å². The van der Waals surface area contributed by atoms with Crippen molar-refractivity contribution >= 4 is 0 Å². The van der Waals surface area contributed by atoms with Gasteiger partial charge < -0.3 is 0 Å². The van der Waals surface area contributed by atoms with Crippen molar-refractivity contribution in [2.45, 2.75) is 136 Å². The van der Waals surface area contributed by atoms with Crippen molar-refractivity contribution in [3.63, 3.8) is 0 Å². The third-order valence-electron chi connectivity index (χ3n) is 2.01. The van der Waals surface area contributed by atoms with Crippen LogP contribution in [0.2, 0.25) is 0 Å². The van der Waals surface area contributed by atoms with Crippen molar-refractivity contribution in [3.8, 4) is 0 Å². The molecule has 0 bridgehead atoms. The lowest BCUT2D eigenvalue weighted by atomic mass is 9.84. The lowest BCUT2D eigenvalue weighted by molar-refractivity contribution is 0.302. The molecule has 1 rings (SSSR count). The largest absolute Gasteiger partial charge is 0.0683 e. The molecule has 1 fully saturated rings. The minimum absolute atomic E-state index is 0.523. The molecular formula is C22H56.